The van der Waals surface area contributed by atoms with Crippen molar-refractivity contribution < 1.29 is 22.7 Å². The fourth-order valence-corrected chi connectivity index (χ4v) is 2.45. The van der Waals surface area contributed by atoms with Gasteiger partial charge in [0.1, 0.15) is 5.75 Å². The Hall–Kier alpha value is -2.25. The Bertz CT molecular complexity index is 836. The van der Waals surface area contributed by atoms with Gasteiger partial charge in [-0.05, 0) is 30.3 Å². The minimum absolute atomic E-state index is 0.104. The topological polar surface area (TPSA) is 81.7 Å². The fraction of sp³-hybridized carbons (Fsp3) is 0.133. The van der Waals surface area contributed by atoms with Crippen LogP contribution in [0.1, 0.15) is 10.4 Å². The number of methoxy groups -OCH3 is 1. The standard InChI is InChI=1S/C15H14ClNO5S/c1-21-13-5-3-4-6-14(13)22-12-8-7-10(9-11(12)16)15(18)17-23(2,19)20/h3-9H,1-2H3,(H,17,18). The van der Waals surface area contributed by atoms with E-state index >= 15 is 0 Å². The third-order valence-corrected chi connectivity index (χ3v) is 3.61. The van der Waals surface area contributed by atoms with Gasteiger partial charge in [0.2, 0.25) is 10.0 Å². The van der Waals surface area contributed by atoms with Crippen molar-refractivity contribution in [1.82, 2.24) is 4.72 Å². The molecule has 0 spiro atoms. The SMILES string of the molecule is COc1ccccc1Oc1ccc(C(=O)NS(C)(=O)=O)cc1Cl. The Morgan fingerprint density at radius 3 is 2.30 bits per heavy atom. The van der Waals surface area contributed by atoms with E-state index in [1.54, 1.807) is 24.3 Å². The second-order valence-electron chi connectivity index (χ2n) is 4.60. The summed E-state index contributed by atoms with van der Waals surface area (Å²) in [6.45, 7) is 0. The van der Waals surface area contributed by atoms with E-state index in [1.807, 2.05) is 4.72 Å². The predicted octanol–water partition coefficient (Wildman–Crippen LogP) is 2.83. The average Bonchev–Trinajstić information content (AvgIpc) is 2.48. The Labute approximate surface area is 139 Å². The zero-order valence-electron chi connectivity index (χ0n) is 12.4. The van der Waals surface area contributed by atoms with Crippen LogP contribution in [0, 0.1) is 0 Å². The van der Waals surface area contributed by atoms with E-state index in [9.17, 15) is 13.2 Å². The Balaban J connectivity index is 2.24. The van der Waals surface area contributed by atoms with Crippen LogP contribution in [-0.2, 0) is 10.0 Å². The van der Waals surface area contributed by atoms with E-state index in [1.165, 1.54) is 25.3 Å². The molecule has 122 valence electrons. The number of rotatable bonds is 5. The second-order valence-corrected chi connectivity index (χ2v) is 6.76. The van der Waals surface area contributed by atoms with Crippen molar-refractivity contribution in [2.75, 3.05) is 13.4 Å². The molecule has 2 aromatic carbocycles. The lowest BCUT2D eigenvalue weighted by Gasteiger charge is -2.12. The van der Waals surface area contributed by atoms with Gasteiger partial charge in [0.25, 0.3) is 5.91 Å². The van der Waals surface area contributed by atoms with Crippen LogP contribution in [0.4, 0.5) is 0 Å². The molecular weight excluding hydrogens is 342 g/mol. The van der Waals surface area contributed by atoms with Gasteiger partial charge in [-0.1, -0.05) is 23.7 Å². The summed E-state index contributed by atoms with van der Waals surface area (Å²) in [6.07, 6.45) is 0.895. The summed E-state index contributed by atoms with van der Waals surface area (Å²) < 4.78 is 34.8. The van der Waals surface area contributed by atoms with E-state index < -0.39 is 15.9 Å². The van der Waals surface area contributed by atoms with Crippen LogP contribution in [0.3, 0.4) is 0 Å². The molecule has 0 aliphatic rings. The molecule has 0 unspecified atom stereocenters. The third-order valence-electron chi connectivity index (χ3n) is 2.76. The Morgan fingerprint density at radius 1 is 1.09 bits per heavy atom. The summed E-state index contributed by atoms with van der Waals surface area (Å²) in [7, 11) is -2.13. The molecule has 0 aromatic heterocycles. The van der Waals surface area contributed by atoms with Gasteiger partial charge in [-0.15, -0.1) is 0 Å². The van der Waals surface area contributed by atoms with Crippen LogP contribution >= 0.6 is 11.6 Å². The number of hydrogen-bond acceptors (Lipinski definition) is 5. The van der Waals surface area contributed by atoms with Gasteiger partial charge in [0.05, 0.1) is 18.4 Å². The highest BCUT2D eigenvalue weighted by Gasteiger charge is 2.14. The zero-order valence-corrected chi connectivity index (χ0v) is 13.9. The summed E-state index contributed by atoms with van der Waals surface area (Å²) >= 11 is 6.09. The molecule has 1 amide bonds. The number of para-hydroxylation sites is 2. The van der Waals surface area contributed by atoms with Crippen LogP contribution in [0.15, 0.2) is 42.5 Å². The molecule has 0 aliphatic carbocycles. The third kappa shape index (κ3) is 4.61. The summed E-state index contributed by atoms with van der Waals surface area (Å²) in [5.41, 5.74) is 0.104. The highest BCUT2D eigenvalue weighted by molar-refractivity contribution is 7.89. The first-order chi connectivity index (χ1) is 10.8. The minimum atomic E-state index is -3.64. The van der Waals surface area contributed by atoms with Gasteiger partial charge >= 0.3 is 0 Å². The van der Waals surface area contributed by atoms with Crippen molar-refractivity contribution in [2.24, 2.45) is 0 Å². The van der Waals surface area contributed by atoms with Crippen molar-refractivity contribution in [3.05, 3.63) is 53.1 Å². The second kappa shape index (κ2) is 6.89. The molecule has 0 fully saturated rings. The molecule has 0 saturated heterocycles. The number of halogens is 1. The maximum absolute atomic E-state index is 11.8. The molecule has 0 bridgehead atoms. The molecule has 0 saturated carbocycles. The number of hydrogen-bond donors (Lipinski definition) is 1. The molecular formula is C15H14ClNO5S. The fourth-order valence-electron chi connectivity index (χ4n) is 1.77. The van der Waals surface area contributed by atoms with E-state index in [-0.39, 0.29) is 10.6 Å². The van der Waals surface area contributed by atoms with E-state index in [4.69, 9.17) is 21.1 Å². The lowest BCUT2D eigenvalue weighted by molar-refractivity contribution is 0.0981. The maximum atomic E-state index is 11.8. The van der Waals surface area contributed by atoms with Crippen LogP contribution in [0.2, 0.25) is 5.02 Å². The molecule has 2 rings (SSSR count). The van der Waals surface area contributed by atoms with Gasteiger partial charge in [-0.3, -0.25) is 4.79 Å². The number of sulfonamides is 1. The number of carbonyl (C=O) groups is 1. The van der Waals surface area contributed by atoms with Crippen molar-refractivity contribution in [2.45, 2.75) is 0 Å². The minimum Gasteiger partial charge on any atom is -0.493 e. The zero-order chi connectivity index (χ0) is 17.0. The summed E-state index contributed by atoms with van der Waals surface area (Å²) in [4.78, 5) is 11.8. The van der Waals surface area contributed by atoms with Crippen LogP contribution < -0.4 is 14.2 Å². The molecule has 0 aliphatic heterocycles. The maximum Gasteiger partial charge on any atom is 0.264 e. The Morgan fingerprint density at radius 2 is 1.74 bits per heavy atom. The highest BCUT2D eigenvalue weighted by Crippen LogP contribution is 2.35. The first-order valence-electron chi connectivity index (χ1n) is 6.42. The van der Waals surface area contributed by atoms with Gasteiger partial charge in [-0.25, -0.2) is 13.1 Å². The lowest BCUT2D eigenvalue weighted by atomic mass is 10.2. The molecule has 2 aromatic rings. The normalized spacial score (nSPS) is 10.9. The van der Waals surface area contributed by atoms with Gasteiger partial charge in [0, 0.05) is 5.56 Å². The average molecular weight is 356 g/mol. The van der Waals surface area contributed by atoms with Gasteiger partial charge in [0.15, 0.2) is 11.5 Å². The predicted molar refractivity (Wildman–Crippen MR) is 86.8 cm³/mol. The smallest absolute Gasteiger partial charge is 0.264 e. The number of carbonyl (C=O) groups excluding carboxylic acids is 1. The van der Waals surface area contributed by atoms with Crippen LogP contribution in [0.5, 0.6) is 17.2 Å². The van der Waals surface area contributed by atoms with Crippen molar-refractivity contribution in [3.8, 4) is 17.2 Å². The molecule has 6 nitrogen and oxygen atoms in total. The molecule has 0 radical (unpaired) electrons. The first-order valence-corrected chi connectivity index (χ1v) is 8.69. The molecule has 0 heterocycles. The van der Waals surface area contributed by atoms with Crippen LogP contribution in [-0.4, -0.2) is 27.7 Å². The largest absolute Gasteiger partial charge is 0.493 e. The van der Waals surface area contributed by atoms with Crippen molar-refractivity contribution in [3.63, 3.8) is 0 Å². The Kier molecular flexibility index (Phi) is 5.12. The summed E-state index contributed by atoms with van der Waals surface area (Å²) in [5, 5.41) is 0.164. The molecule has 0 atom stereocenters. The number of benzene rings is 2. The van der Waals surface area contributed by atoms with Crippen molar-refractivity contribution >= 4 is 27.5 Å². The van der Waals surface area contributed by atoms with Gasteiger partial charge < -0.3 is 9.47 Å². The van der Waals surface area contributed by atoms with E-state index in [2.05, 4.69) is 0 Å². The number of amides is 1. The molecule has 23 heavy (non-hydrogen) atoms. The molecule has 1 N–H and O–H groups in total. The van der Waals surface area contributed by atoms with Crippen molar-refractivity contribution in [1.29, 1.82) is 0 Å². The lowest BCUT2D eigenvalue weighted by Crippen LogP contribution is -2.29. The summed E-state index contributed by atoms with van der Waals surface area (Å²) in [5.74, 6) is 0.540. The highest BCUT2D eigenvalue weighted by atomic mass is 35.5. The van der Waals surface area contributed by atoms with Gasteiger partial charge in [-0.2, -0.15) is 0 Å². The number of ether oxygens (including phenoxy) is 2. The number of nitrogens with one attached hydrogen (secondary N) is 1. The van der Waals surface area contributed by atoms with E-state index in [0.717, 1.165) is 6.26 Å². The van der Waals surface area contributed by atoms with Crippen LogP contribution in [0.25, 0.3) is 0 Å². The molecule has 8 heteroatoms. The van der Waals surface area contributed by atoms with E-state index in [0.29, 0.717) is 17.2 Å². The summed E-state index contributed by atoms with van der Waals surface area (Å²) in [6, 6.07) is 11.2. The quantitative estimate of drug-likeness (QED) is 0.891. The monoisotopic (exact) mass is 355 g/mol. The first kappa shape index (κ1) is 17.1.